The topological polar surface area (TPSA) is 48.9 Å². The van der Waals surface area contributed by atoms with E-state index < -0.39 is 11.6 Å². The highest BCUT2D eigenvalue weighted by Gasteiger charge is 2.23. The molecule has 1 aliphatic heterocycles. The number of hydrogen-bond donors (Lipinski definition) is 2. The first kappa shape index (κ1) is 18.4. The highest BCUT2D eigenvalue weighted by molar-refractivity contribution is 5.79. The van der Waals surface area contributed by atoms with Crippen LogP contribution in [0.4, 0.5) is 14.5 Å². The average molecular weight is 340 g/mol. The minimum atomic E-state index is -0.807. The fourth-order valence-corrected chi connectivity index (χ4v) is 2.76. The smallest absolute Gasteiger partial charge is 0.191 e. The summed E-state index contributed by atoms with van der Waals surface area (Å²) in [6.07, 6.45) is 1.00. The van der Waals surface area contributed by atoms with Crippen molar-refractivity contribution in [2.45, 2.75) is 13.3 Å². The summed E-state index contributed by atoms with van der Waals surface area (Å²) < 4.78 is 31.7. The maximum absolute atomic E-state index is 13.4. The summed E-state index contributed by atoms with van der Waals surface area (Å²) in [6.45, 7) is 6.46. The molecule has 1 aliphatic rings. The van der Waals surface area contributed by atoms with Crippen molar-refractivity contribution >= 4 is 11.6 Å². The zero-order chi connectivity index (χ0) is 17.4. The summed E-state index contributed by atoms with van der Waals surface area (Å²) in [4.78, 5) is 6.26. The molecule has 1 aromatic carbocycles. The summed E-state index contributed by atoms with van der Waals surface area (Å²) >= 11 is 0. The third kappa shape index (κ3) is 5.33. The van der Waals surface area contributed by atoms with Gasteiger partial charge < -0.3 is 20.3 Å². The van der Waals surface area contributed by atoms with Crippen molar-refractivity contribution < 1.29 is 13.5 Å². The number of hydrogen-bond acceptors (Lipinski definition) is 3. The quantitative estimate of drug-likeness (QED) is 0.453. The molecule has 5 nitrogen and oxygen atoms in total. The van der Waals surface area contributed by atoms with Gasteiger partial charge in [0.25, 0.3) is 0 Å². The SMILES string of the molecule is CCOCCNC(=NC)NCC1CCN(c2ccc(F)c(F)c2)C1. The highest BCUT2D eigenvalue weighted by atomic mass is 19.2. The Bertz CT molecular complexity index is 553. The van der Waals surface area contributed by atoms with Crippen molar-refractivity contribution in [3.05, 3.63) is 29.8 Å². The van der Waals surface area contributed by atoms with Crippen molar-refractivity contribution in [3.8, 4) is 0 Å². The standard InChI is InChI=1S/C17H26F2N4O/c1-3-24-9-7-21-17(20-2)22-11-13-6-8-23(12-13)14-4-5-15(18)16(19)10-14/h4-5,10,13H,3,6-9,11-12H2,1-2H3,(H2,20,21,22). The Morgan fingerprint density at radius 2 is 2.17 bits per heavy atom. The van der Waals surface area contributed by atoms with Crippen molar-refractivity contribution in [3.63, 3.8) is 0 Å². The lowest BCUT2D eigenvalue weighted by molar-refractivity contribution is 0.152. The molecule has 1 fully saturated rings. The van der Waals surface area contributed by atoms with E-state index in [9.17, 15) is 8.78 Å². The number of nitrogens with one attached hydrogen (secondary N) is 2. The van der Waals surface area contributed by atoms with E-state index >= 15 is 0 Å². The molecule has 0 saturated carbocycles. The Morgan fingerprint density at radius 1 is 1.33 bits per heavy atom. The number of halogens is 2. The molecule has 134 valence electrons. The van der Waals surface area contributed by atoms with E-state index in [4.69, 9.17) is 4.74 Å². The summed E-state index contributed by atoms with van der Waals surface area (Å²) in [5.41, 5.74) is 0.732. The van der Waals surface area contributed by atoms with Crippen LogP contribution in [0.2, 0.25) is 0 Å². The molecule has 0 aliphatic carbocycles. The van der Waals surface area contributed by atoms with Crippen LogP contribution >= 0.6 is 0 Å². The number of ether oxygens (including phenoxy) is 1. The second-order valence-electron chi connectivity index (χ2n) is 5.78. The van der Waals surface area contributed by atoms with Crippen LogP contribution in [0.1, 0.15) is 13.3 Å². The second kappa shape index (κ2) is 9.42. The average Bonchev–Trinajstić information content (AvgIpc) is 3.06. The minimum Gasteiger partial charge on any atom is -0.380 e. The molecule has 1 aromatic rings. The molecule has 0 aromatic heterocycles. The Balaban J connectivity index is 1.75. The minimum absolute atomic E-state index is 0.434. The molecule has 1 heterocycles. The van der Waals surface area contributed by atoms with Gasteiger partial charge in [0.05, 0.1) is 6.61 Å². The van der Waals surface area contributed by atoms with Crippen LogP contribution in [-0.2, 0) is 4.74 Å². The maximum atomic E-state index is 13.4. The van der Waals surface area contributed by atoms with Crippen LogP contribution < -0.4 is 15.5 Å². The number of anilines is 1. The molecular weight excluding hydrogens is 314 g/mol. The Kier molecular flexibility index (Phi) is 7.24. The van der Waals surface area contributed by atoms with E-state index in [0.29, 0.717) is 25.7 Å². The monoisotopic (exact) mass is 340 g/mol. The van der Waals surface area contributed by atoms with E-state index in [1.165, 1.54) is 12.1 Å². The van der Waals surface area contributed by atoms with Gasteiger partial charge in [-0.25, -0.2) is 8.78 Å². The van der Waals surface area contributed by atoms with Crippen molar-refractivity contribution in [2.24, 2.45) is 10.9 Å². The van der Waals surface area contributed by atoms with Gasteiger partial charge in [0, 0.05) is 51.6 Å². The summed E-state index contributed by atoms with van der Waals surface area (Å²) in [5, 5.41) is 6.50. The Labute approximate surface area is 142 Å². The zero-order valence-corrected chi connectivity index (χ0v) is 14.3. The van der Waals surface area contributed by atoms with Crippen LogP contribution in [0.25, 0.3) is 0 Å². The molecule has 0 spiro atoms. The summed E-state index contributed by atoms with van der Waals surface area (Å²) in [7, 11) is 1.73. The second-order valence-corrected chi connectivity index (χ2v) is 5.78. The number of nitrogens with zero attached hydrogens (tertiary/aromatic N) is 2. The van der Waals surface area contributed by atoms with Crippen LogP contribution in [-0.4, -0.2) is 52.4 Å². The van der Waals surface area contributed by atoms with Crippen molar-refractivity contribution in [1.29, 1.82) is 0 Å². The molecule has 2 rings (SSSR count). The molecule has 0 bridgehead atoms. The first-order chi connectivity index (χ1) is 11.6. The predicted molar refractivity (Wildman–Crippen MR) is 92.5 cm³/mol. The van der Waals surface area contributed by atoms with Crippen molar-refractivity contribution in [2.75, 3.05) is 51.3 Å². The van der Waals surface area contributed by atoms with Gasteiger partial charge in [-0.05, 0) is 31.4 Å². The maximum Gasteiger partial charge on any atom is 0.191 e. The number of rotatable bonds is 7. The molecule has 24 heavy (non-hydrogen) atoms. The van der Waals surface area contributed by atoms with E-state index in [1.54, 1.807) is 13.1 Å². The van der Waals surface area contributed by atoms with Gasteiger partial charge in [-0.3, -0.25) is 4.99 Å². The number of benzene rings is 1. The largest absolute Gasteiger partial charge is 0.380 e. The predicted octanol–water partition coefficient (Wildman–Crippen LogP) is 1.99. The zero-order valence-electron chi connectivity index (χ0n) is 14.3. The van der Waals surface area contributed by atoms with Crippen LogP contribution in [0, 0.1) is 17.6 Å². The van der Waals surface area contributed by atoms with E-state index in [-0.39, 0.29) is 0 Å². The van der Waals surface area contributed by atoms with E-state index in [0.717, 1.165) is 37.7 Å². The van der Waals surface area contributed by atoms with Gasteiger partial charge in [0.2, 0.25) is 0 Å². The molecule has 0 radical (unpaired) electrons. The van der Waals surface area contributed by atoms with Gasteiger partial charge in [-0.2, -0.15) is 0 Å². The van der Waals surface area contributed by atoms with Crippen molar-refractivity contribution in [1.82, 2.24) is 10.6 Å². The molecule has 0 amide bonds. The lowest BCUT2D eigenvalue weighted by Crippen LogP contribution is -2.41. The third-order valence-corrected chi connectivity index (χ3v) is 4.08. The fourth-order valence-electron chi connectivity index (χ4n) is 2.76. The molecule has 2 N–H and O–H groups in total. The molecule has 1 saturated heterocycles. The Hall–Kier alpha value is -1.89. The van der Waals surface area contributed by atoms with Crippen LogP contribution in [0.5, 0.6) is 0 Å². The molecule has 1 atom stereocenters. The van der Waals surface area contributed by atoms with Crippen LogP contribution in [0.15, 0.2) is 23.2 Å². The summed E-state index contributed by atoms with van der Waals surface area (Å²) in [5.74, 6) is -0.421. The Morgan fingerprint density at radius 3 is 2.88 bits per heavy atom. The summed E-state index contributed by atoms with van der Waals surface area (Å²) in [6, 6.07) is 4.07. The van der Waals surface area contributed by atoms with Gasteiger partial charge >= 0.3 is 0 Å². The number of aliphatic imine (C=N–C) groups is 1. The first-order valence-corrected chi connectivity index (χ1v) is 8.36. The normalized spacial score (nSPS) is 18.1. The van der Waals surface area contributed by atoms with Gasteiger partial charge in [0.1, 0.15) is 0 Å². The molecular formula is C17H26F2N4O. The lowest BCUT2D eigenvalue weighted by Gasteiger charge is -2.19. The molecule has 1 unspecified atom stereocenters. The third-order valence-electron chi connectivity index (χ3n) is 4.08. The first-order valence-electron chi connectivity index (χ1n) is 8.36. The van der Waals surface area contributed by atoms with Gasteiger partial charge in [-0.15, -0.1) is 0 Å². The van der Waals surface area contributed by atoms with Gasteiger partial charge in [-0.1, -0.05) is 0 Å². The van der Waals surface area contributed by atoms with Crippen LogP contribution in [0.3, 0.4) is 0 Å². The molecule has 7 heteroatoms. The fraction of sp³-hybridized carbons (Fsp3) is 0.588. The number of guanidine groups is 1. The highest BCUT2D eigenvalue weighted by Crippen LogP contribution is 2.24. The lowest BCUT2D eigenvalue weighted by atomic mass is 10.1. The van der Waals surface area contributed by atoms with Gasteiger partial charge in [0.15, 0.2) is 17.6 Å². The van der Waals surface area contributed by atoms with E-state index in [1.807, 2.05) is 6.92 Å². The van der Waals surface area contributed by atoms with E-state index in [2.05, 4.69) is 20.5 Å².